The van der Waals surface area contributed by atoms with Crippen LogP contribution in [0, 0.1) is 0 Å². The van der Waals surface area contributed by atoms with Crippen molar-refractivity contribution < 1.29 is 22.7 Å². The smallest absolute Gasteiger partial charge is 0.364 e. The number of alkyl halides is 3. The topological polar surface area (TPSA) is 26.3 Å². The van der Waals surface area contributed by atoms with Crippen molar-refractivity contribution in [1.82, 2.24) is 0 Å². The highest BCUT2D eigenvalue weighted by Crippen LogP contribution is 2.21. The molecule has 21 heavy (non-hydrogen) atoms. The third-order valence-electron chi connectivity index (χ3n) is 3.31. The number of halogens is 3. The Bertz CT molecular complexity index is 468. The van der Waals surface area contributed by atoms with Gasteiger partial charge in [0.15, 0.2) is 5.78 Å². The summed E-state index contributed by atoms with van der Waals surface area (Å²) in [5.74, 6) is -0.379. The van der Waals surface area contributed by atoms with Gasteiger partial charge in [0, 0.05) is 5.56 Å². The van der Waals surface area contributed by atoms with Crippen LogP contribution in [-0.4, -0.2) is 25.2 Å². The van der Waals surface area contributed by atoms with Crippen molar-refractivity contribution in [2.45, 2.75) is 46.2 Å². The predicted molar refractivity (Wildman–Crippen MR) is 75.8 cm³/mol. The van der Waals surface area contributed by atoms with Gasteiger partial charge in [0.05, 0.1) is 0 Å². The van der Waals surface area contributed by atoms with Crippen LogP contribution in [0.5, 0.6) is 0 Å². The van der Waals surface area contributed by atoms with Crippen molar-refractivity contribution in [1.29, 1.82) is 0 Å². The molecular weight excluding hydrogens is 281 g/mol. The number of Topliss-reactive ketones (excluding diaryl/α,β-unsaturated/α-hetero) is 1. The predicted octanol–water partition coefficient (Wildman–Crippen LogP) is 4.14. The lowest BCUT2D eigenvalue weighted by atomic mass is 9.91. The standard InChI is InChI=1S/C16H21F3O2/c1-4-11-7-12(5-2)15(13(6-3)8-11)14(20)9-21-10-16(17,18)19/h7-8H,4-6,9-10H2,1-3H3. The van der Waals surface area contributed by atoms with Crippen LogP contribution < -0.4 is 0 Å². The first kappa shape index (κ1) is 17.7. The monoisotopic (exact) mass is 302 g/mol. The number of ketones is 1. The minimum atomic E-state index is -4.41. The largest absolute Gasteiger partial charge is 0.411 e. The molecule has 0 N–H and O–H groups in total. The molecule has 0 heterocycles. The van der Waals surface area contributed by atoms with Crippen LogP contribution in [0.25, 0.3) is 0 Å². The van der Waals surface area contributed by atoms with Gasteiger partial charge in [0.1, 0.15) is 13.2 Å². The van der Waals surface area contributed by atoms with E-state index in [0.717, 1.165) is 23.1 Å². The highest BCUT2D eigenvalue weighted by molar-refractivity contribution is 6.00. The average molecular weight is 302 g/mol. The molecule has 0 radical (unpaired) electrons. The summed E-state index contributed by atoms with van der Waals surface area (Å²) in [7, 11) is 0. The molecule has 118 valence electrons. The molecule has 0 saturated heterocycles. The van der Waals surface area contributed by atoms with Gasteiger partial charge in [-0.25, -0.2) is 0 Å². The first-order valence-electron chi connectivity index (χ1n) is 7.14. The van der Waals surface area contributed by atoms with Crippen molar-refractivity contribution in [2.75, 3.05) is 13.2 Å². The normalized spacial score (nSPS) is 11.7. The van der Waals surface area contributed by atoms with Gasteiger partial charge in [-0.05, 0) is 36.0 Å². The Morgan fingerprint density at radius 2 is 1.57 bits per heavy atom. The van der Waals surface area contributed by atoms with E-state index < -0.39 is 19.4 Å². The van der Waals surface area contributed by atoms with Gasteiger partial charge < -0.3 is 4.74 Å². The summed E-state index contributed by atoms with van der Waals surface area (Å²) < 4.78 is 40.7. The third kappa shape index (κ3) is 5.16. The molecule has 0 spiro atoms. The Morgan fingerprint density at radius 3 is 1.95 bits per heavy atom. The van der Waals surface area contributed by atoms with Crippen LogP contribution in [0.15, 0.2) is 12.1 Å². The highest BCUT2D eigenvalue weighted by Gasteiger charge is 2.28. The lowest BCUT2D eigenvalue weighted by Crippen LogP contribution is -2.21. The summed E-state index contributed by atoms with van der Waals surface area (Å²) >= 11 is 0. The molecule has 0 fully saturated rings. The summed E-state index contributed by atoms with van der Waals surface area (Å²) in [5.41, 5.74) is 3.43. The number of carbonyl (C=O) groups is 1. The Labute approximate surface area is 123 Å². The van der Waals surface area contributed by atoms with E-state index in [1.54, 1.807) is 0 Å². The van der Waals surface area contributed by atoms with Crippen LogP contribution in [0.2, 0.25) is 0 Å². The molecule has 0 aliphatic heterocycles. The number of hydrogen-bond acceptors (Lipinski definition) is 2. The van der Waals surface area contributed by atoms with Crippen molar-refractivity contribution in [3.8, 4) is 0 Å². The van der Waals surface area contributed by atoms with E-state index in [1.165, 1.54) is 0 Å². The molecule has 0 aromatic heterocycles. The maximum Gasteiger partial charge on any atom is 0.411 e. The Kier molecular flexibility index (Phi) is 6.40. The molecule has 1 rings (SSSR count). The zero-order chi connectivity index (χ0) is 16.0. The summed E-state index contributed by atoms with van der Waals surface area (Å²) in [6.07, 6.45) is -2.21. The summed E-state index contributed by atoms with van der Waals surface area (Å²) in [6, 6.07) is 3.91. The number of benzene rings is 1. The minimum absolute atomic E-state index is 0.379. The fraction of sp³-hybridized carbons (Fsp3) is 0.562. The molecule has 0 bridgehead atoms. The number of rotatable bonds is 7. The second-order valence-corrected chi connectivity index (χ2v) is 4.88. The number of carbonyl (C=O) groups excluding carboxylic acids is 1. The van der Waals surface area contributed by atoms with E-state index in [4.69, 9.17) is 0 Å². The fourth-order valence-corrected chi connectivity index (χ4v) is 2.29. The summed E-state index contributed by atoms with van der Waals surface area (Å²) in [6.45, 7) is 3.96. The maximum absolute atomic E-state index is 12.2. The molecule has 2 nitrogen and oxygen atoms in total. The van der Waals surface area contributed by atoms with Gasteiger partial charge in [-0.2, -0.15) is 13.2 Å². The molecule has 1 aromatic carbocycles. The Morgan fingerprint density at radius 1 is 1.05 bits per heavy atom. The molecule has 0 unspecified atom stereocenters. The van der Waals surface area contributed by atoms with Gasteiger partial charge in [-0.1, -0.05) is 32.9 Å². The summed E-state index contributed by atoms with van der Waals surface area (Å²) in [5, 5.41) is 0. The Balaban J connectivity index is 2.97. The highest BCUT2D eigenvalue weighted by atomic mass is 19.4. The van der Waals surface area contributed by atoms with Crippen LogP contribution in [0.3, 0.4) is 0 Å². The van der Waals surface area contributed by atoms with E-state index in [2.05, 4.69) is 4.74 Å². The molecule has 0 aliphatic carbocycles. The van der Waals surface area contributed by atoms with Crippen molar-refractivity contribution >= 4 is 5.78 Å². The summed E-state index contributed by atoms with van der Waals surface area (Å²) in [4.78, 5) is 12.2. The zero-order valence-corrected chi connectivity index (χ0v) is 12.6. The number of aryl methyl sites for hydroxylation is 3. The molecule has 0 aliphatic rings. The molecule has 0 atom stereocenters. The van der Waals surface area contributed by atoms with Crippen LogP contribution >= 0.6 is 0 Å². The molecule has 0 amide bonds. The average Bonchev–Trinajstić information content (AvgIpc) is 2.43. The van der Waals surface area contributed by atoms with Gasteiger partial charge in [-0.15, -0.1) is 0 Å². The quantitative estimate of drug-likeness (QED) is 0.708. The minimum Gasteiger partial charge on any atom is -0.364 e. The van der Waals surface area contributed by atoms with Gasteiger partial charge >= 0.3 is 6.18 Å². The van der Waals surface area contributed by atoms with Crippen molar-refractivity contribution in [3.05, 3.63) is 34.4 Å². The van der Waals surface area contributed by atoms with Gasteiger partial charge in [-0.3, -0.25) is 4.79 Å². The van der Waals surface area contributed by atoms with Gasteiger partial charge in [0.25, 0.3) is 0 Å². The first-order valence-corrected chi connectivity index (χ1v) is 7.14. The van der Waals surface area contributed by atoms with Crippen LogP contribution in [0.1, 0.15) is 47.8 Å². The van der Waals surface area contributed by atoms with Crippen LogP contribution in [-0.2, 0) is 24.0 Å². The van der Waals surface area contributed by atoms with Crippen molar-refractivity contribution in [3.63, 3.8) is 0 Å². The van der Waals surface area contributed by atoms with Crippen molar-refractivity contribution in [2.24, 2.45) is 0 Å². The fourth-order valence-electron chi connectivity index (χ4n) is 2.29. The SMILES string of the molecule is CCc1cc(CC)c(C(=O)COCC(F)(F)F)c(CC)c1. The maximum atomic E-state index is 12.2. The molecule has 1 aromatic rings. The molecular formula is C16H21F3O2. The number of ether oxygens (including phenoxy) is 1. The van der Waals surface area contributed by atoms with E-state index in [9.17, 15) is 18.0 Å². The first-order chi connectivity index (χ1) is 9.82. The third-order valence-corrected chi connectivity index (χ3v) is 3.31. The van der Waals surface area contributed by atoms with Gasteiger partial charge in [0.2, 0.25) is 0 Å². The molecule has 5 heteroatoms. The number of hydrogen-bond donors (Lipinski definition) is 0. The lowest BCUT2D eigenvalue weighted by molar-refractivity contribution is -0.170. The zero-order valence-electron chi connectivity index (χ0n) is 12.6. The van der Waals surface area contributed by atoms with E-state index in [0.29, 0.717) is 18.4 Å². The lowest BCUT2D eigenvalue weighted by Gasteiger charge is -2.15. The Hall–Kier alpha value is -1.36. The van der Waals surface area contributed by atoms with E-state index in [1.807, 2.05) is 32.9 Å². The van der Waals surface area contributed by atoms with E-state index in [-0.39, 0.29) is 5.78 Å². The second-order valence-electron chi connectivity index (χ2n) is 4.88. The second kappa shape index (κ2) is 7.59. The van der Waals surface area contributed by atoms with E-state index >= 15 is 0 Å². The molecule has 0 saturated carbocycles. The van der Waals surface area contributed by atoms with Crippen LogP contribution in [0.4, 0.5) is 13.2 Å².